The molecule has 1 heterocycles. The van der Waals surface area contributed by atoms with E-state index in [0.29, 0.717) is 5.92 Å². The number of nitrogens with one attached hydrogen (secondary N) is 1. The topological polar surface area (TPSA) is 50.8 Å². The molecule has 164 valence electrons. The van der Waals surface area contributed by atoms with Gasteiger partial charge in [-0.15, -0.1) is 0 Å². The summed E-state index contributed by atoms with van der Waals surface area (Å²) in [5.74, 6) is 2.03. The molecule has 0 aromatic heterocycles. The van der Waals surface area contributed by atoms with Gasteiger partial charge in [-0.1, -0.05) is 49.7 Å². The first-order chi connectivity index (χ1) is 15.1. The molecule has 1 aliphatic heterocycles. The minimum Gasteiger partial charge on any atom is -0.497 e. The van der Waals surface area contributed by atoms with E-state index >= 15 is 0 Å². The number of amides is 1. The van der Waals surface area contributed by atoms with Gasteiger partial charge in [0.2, 0.25) is 0 Å². The van der Waals surface area contributed by atoms with Crippen molar-refractivity contribution < 1.29 is 14.3 Å². The van der Waals surface area contributed by atoms with E-state index in [0.717, 1.165) is 34.1 Å². The average Bonchev–Trinajstić information content (AvgIpc) is 3.09. The van der Waals surface area contributed by atoms with E-state index in [9.17, 15) is 4.79 Å². The first-order valence-electron chi connectivity index (χ1n) is 10.9. The molecule has 0 bridgehead atoms. The molecule has 2 aliphatic rings. The Morgan fingerprint density at radius 2 is 1.84 bits per heavy atom. The lowest BCUT2D eigenvalue weighted by molar-refractivity contribution is -0.129. The smallest absolute Gasteiger partial charge is 0.262 e. The van der Waals surface area contributed by atoms with Gasteiger partial charge in [0.15, 0.2) is 5.50 Å². The van der Waals surface area contributed by atoms with Crippen LogP contribution in [0.1, 0.15) is 38.2 Å². The number of rotatable bonds is 6. The minimum absolute atomic E-state index is 0.0852. The molecule has 5 nitrogen and oxygen atoms in total. The van der Waals surface area contributed by atoms with E-state index in [1.54, 1.807) is 26.0 Å². The lowest BCUT2D eigenvalue weighted by Crippen LogP contribution is -2.48. The van der Waals surface area contributed by atoms with Crippen LogP contribution >= 0.6 is 11.8 Å². The number of carbonyl (C=O) groups is 1. The highest BCUT2D eigenvalue weighted by Gasteiger charge is 2.43. The normalized spacial score (nSPS) is 25.0. The van der Waals surface area contributed by atoms with Gasteiger partial charge in [-0.05, 0) is 55.2 Å². The third-order valence-electron chi connectivity index (χ3n) is 6.15. The van der Waals surface area contributed by atoms with E-state index in [4.69, 9.17) is 9.47 Å². The third kappa shape index (κ3) is 4.69. The zero-order valence-corrected chi connectivity index (χ0v) is 19.2. The van der Waals surface area contributed by atoms with Crippen LogP contribution in [0.4, 0.5) is 5.69 Å². The average molecular weight is 439 g/mol. The molecule has 2 fully saturated rings. The molecule has 1 amide bonds. The summed E-state index contributed by atoms with van der Waals surface area (Å²) in [7, 11) is 3.28. The van der Waals surface area contributed by atoms with Crippen LogP contribution < -0.4 is 14.8 Å². The Labute approximate surface area is 188 Å². The molecule has 2 aromatic carbocycles. The maximum atomic E-state index is 13.6. The zero-order valence-electron chi connectivity index (χ0n) is 18.3. The Kier molecular flexibility index (Phi) is 6.76. The standard InChI is InChI=1S/C25H30N2O3S/c1-17-9-7-8-12-21(17)27-24(28)23(31-25(27)26-19-10-5-4-6-11-19)16-18-15-20(29-2)13-14-22(18)30-3/h4-6,10-11,13-17,21,25-26H,7-9,12H2,1-3H3/b23-16-/t17-,21+,25?/m1/s1. The molecular weight excluding hydrogens is 408 g/mol. The number of para-hydroxylation sites is 1. The van der Waals surface area contributed by atoms with Crippen LogP contribution in [0, 0.1) is 5.92 Å². The third-order valence-corrected chi connectivity index (χ3v) is 7.26. The predicted molar refractivity (Wildman–Crippen MR) is 127 cm³/mol. The number of benzene rings is 2. The molecule has 1 N–H and O–H groups in total. The Bertz CT molecular complexity index is 947. The lowest BCUT2D eigenvalue weighted by Gasteiger charge is -2.39. The molecule has 0 radical (unpaired) electrons. The van der Waals surface area contributed by atoms with E-state index in [-0.39, 0.29) is 17.4 Å². The number of methoxy groups -OCH3 is 2. The molecule has 1 unspecified atom stereocenters. The van der Waals surface area contributed by atoms with Gasteiger partial charge in [-0.2, -0.15) is 0 Å². The minimum atomic E-state index is -0.136. The van der Waals surface area contributed by atoms with Crippen LogP contribution in [0.5, 0.6) is 11.5 Å². The number of nitrogens with zero attached hydrogens (tertiary/aromatic N) is 1. The van der Waals surface area contributed by atoms with Crippen LogP contribution in [0.3, 0.4) is 0 Å². The van der Waals surface area contributed by atoms with Gasteiger partial charge in [0.05, 0.1) is 19.1 Å². The molecular formula is C25H30N2O3S. The molecule has 3 atom stereocenters. The molecule has 6 heteroatoms. The van der Waals surface area contributed by atoms with Gasteiger partial charge < -0.3 is 19.7 Å². The number of ether oxygens (including phenoxy) is 2. The molecule has 0 spiro atoms. The molecule has 4 rings (SSSR count). The summed E-state index contributed by atoms with van der Waals surface area (Å²) in [6.07, 6.45) is 6.56. The maximum Gasteiger partial charge on any atom is 0.262 e. The fraction of sp³-hybridized carbons (Fsp3) is 0.400. The Morgan fingerprint density at radius 3 is 2.55 bits per heavy atom. The summed E-state index contributed by atoms with van der Waals surface area (Å²) < 4.78 is 10.9. The lowest BCUT2D eigenvalue weighted by atomic mass is 9.85. The second-order valence-corrected chi connectivity index (χ2v) is 9.26. The largest absolute Gasteiger partial charge is 0.497 e. The number of hydrogen-bond donors (Lipinski definition) is 1. The van der Waals surface area contributed by atoms with Gasteiger partial charge in [0.25, 0.3) is 5.91 Å². The Hall–Kier alpha value is -2.60. The van der Waals surface area contributed by atoms with Crippen molar-refractivity contribution in [3.05, 3.63) is 59.0 Å². The van der Waals surface area contributed by atoms with Crippen molar-refractivity contribution in [2.75, 3.05) is 19.5 Å². The van der Waals surface area contributed by atoms with Gasteiger partial charge in [0, 0.05) is 17.3 Å². The quantitative estimate of drug-likeness (QED) is 0.596. The highest BCUT2D eigenvalue weighted by atomic mass is 32.2. The first kappa shape index (κ1) is 21.6. The Balaban J connectivity index is 1.68. The van der Waals surface area contributed by atoms with Gasteiger partial charge in [-0.25, -0.2) is 0 Å². The van der Waals surface area contributed by atoms with E-state index in [2.05, 4.69) is 17.1 Å². The summed E-state index contributed by atoms with van der Waals surface area (Å²) >= 11 is 1.57. The predicted octanol–water partition coefficient (Wildman–Crippen LogP) is 5.59. The van der Waals surface area contributed by atoms with Crippen molar-refractivity contribution in [1.29, 1.82) is 0 Å². The van der Waals surface area contributed by atoms with Crippen molar-refractivity contribution in [2.45, 2.75) is 44.1 Å². The summed E-state index contributed by atoms with van der Waals surface area (Å²) in [6.45, 7) is 2.27. The second kappa shape index (κ2) is 9.69. The zero-order chi connectivity index (χ0) is 21.8. The number of thioether (sulfide) groups is 1. The summed E-state index contributed by atoms with van der Waals surface area (Å²) in [5.41, 5.74) is 1.72. The molecule has 31 heavy (non-hydrogen) atoms. The number of hydrogen-bond acceptors (Lipinski definition) is 5. The maximum absolute atomic E-state index is 13.6. The highest BCUT2D eigenvalue weighted by molar-refractivity contribution is 8.05. The Morgan fingerprint density at radius 1 is 1.06 bits per heavy atom. The SMILES string of the molecule is COc1ccc(OC)c(/C=C2\SC(Nc3ccccc3)N([C@H]3CCCC[C@H]3C)C2=O)c1. The van der Waals surface area contributed by atoms with E-state index in [1.807, 2.05) is 54.6 Å². The van der Waals surface area contributed by atoms with Gasteiger partial charge in [-0.3, -0.25) is 4.79 Å². The molecule has 1 saturated carbocycles. The first-order valence-corrected chi connectivity index (χ1v) is 11.7. The van der Waals surface area contributed by atoms with E-state index < -0.39 is 0 Å². The van der Waals surface area contributed by atoms with Crippen LogP contribution in [0.15, 0.2) is 53.4 Å². The van der Waals surface area contributed by atoms with Gasteiger partial charge >= 0.3 is 0 Å². The number of anilines is 1. The molecule has 1 aliphatic carbocycles. The highest BCUT2D eigenvalue weighted by Crippen LogP contribution is 2.43. The van der Waals surface area contributed by atoms with Crippen LogP contribution in [-0.2, 0) is 4.79 Å². The van der Waals surface area contributed by atoms with Gasteiger partial charge in [0.1, 0.15) is 11.5 Å². The fourth-order valence-corrected chi connectivity index (χ4v) is 5.66. The summed E-state index contributed by atoms with van der Waals surface area (Å²) in [4.78, 5) is 16.4. The summed E-state index contributed by atoms with van der Waals surface area (Å²) in [6, 6.07) is 16.0. The van der Waals surface area contributed by atoms with Crippen LogP contribution in [-0.4, -0.2) is 36.6 Å². The van der Waals surface area contributed by atoms with Crippen molar-refractivity contribution in [3.63, 3.8) is 0 Å². The van der Waals surface area contributed by atoms with Crippen molar-refractivity contribution in [3.8, 4) is 11.5 Å². The molecule has 2 aromatic rings. The second-order valence-electron chi connectivity index (χ2n) is 8.14. The number of carbonyl (C=O) groups excluding carboxylic acids is 1. The van der Waals surface area contributed by atoms with Crippen molar-refractivity contribution in [1.82, 2.24) is 4.90 Å². The van der Waals surface area contributed by atoms with Crippen LogP contribution in [0.2, 0.25) is 0 Å². The van der Waals surface area contributed by atoms with E-state index in [1.165, 1.54) is 19.3 Å². The molecule has 1 saturated heterocycles. The van der Waals surface area contributed by atoms with Crippen molar-refractivity contribution >= 4 is 29.4 Å². The fourth-order valence-electron chi connectivity index (χ4n) is 4.46. The van der Waals surface area contributed by atoms with Crippen LogP contribution in [0.25, 0.3) is 6.08 Å². The van der Waals surface area contributed by atoms with Crippen molar-refractivity contribution in [2.24, 2.45) is 5.92 Å². The monoisotopic (exact) mass is 438 g/mol. The summed E-state index contributed by atoms with van der Waals surface area (Å²) in [5, 5.41) is 3.58.